The lowest BCUT2D eigenvalue weighted by Crippen LogP contribution is -2.11. The van der Waals surface area contributed by atoms with E-state index in [0.29, 0.717) is 0 Å². The molecule has 0 fully saturated rings. The molecular formula is C17H15N3O6. The molecule has 0 aliphatic carbocycles. The number of hydrogen-bond acceptors (Lipinski definition) is 7. The van der Waals surface area contributed by atoms with Crippen molar-refractivity contribution in [3.05, 3.63) is 51.9 Å². The van der Waals surface area contributed by atoms with Gasteiger partial charge in [0.1, 0.15) is 11.4 Å². The molecule has 0 bridgehead atoms. The van der Waals surface area contributed by atoms with Gasteiger partial charge in [0.05, 0.1) is 30.4 Å². The summed E-state index contributed by atoms with van der Waals surface area (Å²) in [5.41, 5.74) is -0.299. The van der Waals surface area contributed by atoms with Crippen molar-refractivity contribution in [2.75, 3.05) is 13.7 Å². The molecule has 0 spiro atoms. The zero-order valence-corrected chi connectivity index (χ0v) is 14.0. The van der Waals surface area contributed by atoms with Crippen LogP contribution in [0.4, 0.5) is 0 Å². The highest BCUT2D eigenvalue weighted by atomic mass is 16.5. The number of methoxy groups -OCH3 is 1. The minimum absolute atomic E-state index is 0.0164. The highest BCUT2D eigenvalue weighted by molar-refractivity contribution is 6.04. The minimum atomic E-state index is -0.769. The van der Waals surface area contributed by atoms with Crippen molar-refractivity contribution in [2.45, 2.75) is 6.92 Å². The lowest BCUT2D eigenvalue weighted by atomic mass is 10.2. The van der Waals surface area contributed by atoms with Crippen molar-refractivity contribution >= 4 is 23.0 Å². The van der Waals surface area contributed by atoms with Gasteiger partial charge in [-0.05, 0) is 19.1 Å². The summed E-state index contributed by atoms with van der Waals surface area (Å²) in [4.78, 5) is 38.6. The molecular weight excluding hydrogens is 342 g/mol. The lowest BCUT2D eigenvalue weighted by Gasteiger charge is -2.08. The molecule has 0 unspecified atom stereocenters. The molecule has 0 saturated carbocycles. The molecule has 9 nitrogen and oxygen atoms in total. The number of rotatable bonds is 4. The monoisotopic (exact) mass is 357 g/mol. The molecule has 3 rings (SSSR count). The van der Waals surface area contributed by atoms with Crippen LogP contribution in [-0.4, -0.2) is 45.5 Å². The summed E-state index contributed by atoms with van der Waals surface area (Å²) >= 11 is 0. The zero-order valence-electron chi connectivity index (χ0n) is 14.0. The number of fused-ring (bicyclic) bond motifs is 1. The first kappa shape index (κ1) is 17.2. The first-order chi connectivity index (χ1) is 12.5. The summed E-state index contributed by atoms with van der Waals surface area (Å²) in [7, 11) is 1.23. The number of nitrogens with zero attached hydrogens (tertiary/aromatic N) is 2. The average molecular weight is 357 g/mol. The number of aromatic hydroxyl groups is 1. The van der Waals surface area contributed by atoms with E-state index in [4.69, 9.17) is 9.47 Å². The van der Waals surface area contributed by atoms with Crippen LogP contribution in [0.25, 0.3) is 16.7 Å². The van der Waals surface area contributed by atoms with Gasteiger partial charge in [-0.15, -0.1) is 0 Å². The number of esters is 2. The number of hydrogen-bond donors (Lipinski definition) is 2. The largest absolute Gasteiger partial charge is 0.507 e. The van der Waals surface area contributed by atoms with E-state index in [1.165, 1.54) is 17.9 Å². The Kier molecular flexibility index (Phi) is 4.44. The van der Waals surface area contributed by atoms with Crippen molar-refractivity contribution in [1.82, 2.24) is 14.8 Å². The Bertz CT molecular complexity index is 1070. The Morgan fingerprint density at radius 1 is 1.27 bits per heavy atom. The summed E-state index contributed by atoms with van der Waals surface area (Å²) in [5, 5.41) is 14.3. The standard InChI is InChI=1S/C17H15N3O6/c1-3-26-17(24)14-13-11(21)8-12(22)18-15(13)20(19-14)10-7-5-4-6-9(10)16(23)25-2/h4-8H,3H2,1-2H3,(H2,18,21,22). The van der Waals surface area contributed by atoms with Crippen molar-refractivity contribution in [1.29, 1.82) is 0 Å². The maximum atomic E-state index is 12.2. The Balaban J connectivity index is 2.37. The number of carbonyl (C=O) groups excluding carboxylic acids is 2. The van der Waals surface area contributed by atoms with Crippen LogP contribution in [-0.2, 0) is 9.47 Å². The number of aromatic nitrogens is 3. The number of benzene rings is 1. The SMILES string of the molecule is CCOC(=O)c1nn(-c2ccccc2C(=O)OC)c2[nH]c(=O)cc(O)c12. The first-order valence-corrected chi connectivity index (χ1v) is 7.67. The number of carbonyl (C=O) groups is 2. The molecule has 2 N–H and O–H groups in total. The summed E-state index contributed by atoms with van der Waals surface area (Å²) in [6, 6.07) is 7.30. The zero-order chi connectivity index (χ0) is 18.8. The average Bonchev–Trinajstić information content (AvgIpc) is 3.01. The lowest BCUT2D eigenvalue weighted by molar-refractivity contribution is 0.0520. The van der Waals surface area contributed by atoms with Crippen molar-refractivity contribution in [3.63, 3.8) is 0 Å². The van der Waals surface area contributed by atoms with E-state index in [1.807, 2.05) is 0 Å². The van der Waals surface area contributed by atoms with Crippen molar-refractivity contribution in [3.8, 4) is 11.4 Å². The van der Waals surface area contributed by atoms with Gasteiger partial charge >= 0.3 is 11.9 Å². The molecule has 9 heteroatoms. The fraction of sp³-hybridized carbons (Fsp3) is 0.176. The van der Waals surface area contributed by atoms with Crippen molar-refractivity contribution in [2.24, 2.45) is 0 Å². The third-order valence-corrected chi connectivity index (χ3v) is 3.66. The molecule has 0 atom stereocenters. The van der Waals surface area contributed by atoms with Gasteiger partial charge < -0.3 is 19.6 Å². The Morgan fingerprint density at radius 3 is 2.69 bits per heavy atom. The molecule has 0 aliphatic rings. The molecule has 0 saturated heterocycles. The predicted octanol–water partition coefficient (Wildman–Crippen LogP) is 1.38. The first-order valence-electron chi connectivity index (χ1n) is 7.67. The minimum Gasteiger partial charge on any atom is -0.507 e. The van der Waals surface area contributed by atoms with E-state index in [2.05, 4.69) is 10.1 Å². The van der Waals surface area contributed by atoms with E-state index >= 15 is 0 Å². The van der Waals surface area contributed by atoms with E-state index < -0.39 is 23.2 Å². The number of nitrogens with one attached hydrogen (secondary N) is 1. The van der Waals surface area contributed by atoms with Crippen LogP contribution in [0.1, 0.15) is 27.8 Å². The summed E-state index contributed by atoms with van der Waals surface area (Å²) in [6.45, 7) is 1.74. The van der Waals surface area contributed by atoms with E-state index in [-0.39, 0.29) is 34.6 Å². The second-order valence-corrected chi connectivity index (χ2v) is 5.23. The fourth-order valence-electron chi connectivity index (χ4n) is 2.58. The fourth-order valence-corrected chi connectivity index (χ4v) is 2.58. The summed E-state index contributed by atoms with van der Waals surface area (Å²) in [5.74, 6) is -1.81. The van der Waals surface area contributed by atoms with E-state index in [1.54, 1.807) is 25.1 Å². The molecule has 3 aromatic rings. The quantitative estimate of drug-likeness (QED) is 0.676. The van der Waals surface area contributed by atoms with Crippen LogP contribution in [0.2, 0.25) is 0 Å². The van der Waals surface area contributed by atoms with Crippen LogP contribution >= 0.6 is 0 Å². The second kappa shape index (κ2) is 6.71. The normalized spacial score (nSPS) is 10.7. The summed E-state index contributed by atoms with van der Waals surface area (Å²) in [6.07, 6.45) is 0. The molecule has 2 aromatic heterocycles. The highest BCUT2D eigenvalue weighted by Crippen LogP contribution is 2.28. The maximum Gasteiger partial charge on any atom is 0.359 e. The van der Waals surface area contributed by atoms with Gasteiger partial charge in [0.15, 0.2) is 5.69 Å². The number of aromatic amines is 1. The molecule has 0 aliphatic heterocycles. The van der Waals surface area contributed by atoms with Gasteiger partial charge in [0.2, 0.25) is 0 Å². The molecule has 1 aromatic carbocycles. The van der Waals surface area contributed by atoms with Crippen LogP contribution in [0.15, 0.2) is 35.1 Å². The van der Waals surface area contributed by atoms with Crippen LogP contribution < -0.4 is 5.56 Å². The van der Waals surface area contributed by atoms with Gasteiger partial charge in [0, 0.05) is 6.07 Å². The number of para-hydroxylation sites is 1. The molecule has 0 radical (unpaired) electrons. The van der Waals surface area contributed by atoms with Crippen molar-refractivity contribution < 1.29 is 24.2 Å². The van der Waals surface area contributed by atoms with Crippen LogP contribution in [0.3, 0.4) is 0 Å². The second-order valence-electron chi connectivity index (χ2n) is 5.23. The van der Waals surface area contributed by atoms with Gasteiger partial charge in [-0.25, -0.2) is 14.3 Å². The molecule has 2 heterocycles. The van der Waals surface area contributed by atoms with Gasteiger partial charge in [-0.3, -0.25) is 4.79 Å². The Hall–Kier alpha value is -3.62. The van der Waals surface area contributed by atoms with Gasteiger partial charge in [-0.1, -0.05) is 12.1 Å². The van der Waals surface area contributed by atoms with E-state index in [0.717, 1.165) is 6.07 Å². The van der Waals surface area contributed by atoms with Gasteiger partial charge in [0.25, 0.3) is 5.56 Å². The molecule has 0 amide bonds. The smallest absolute Gasteiger partial charge is 0.359 e. The third kappa shape index (κ3) is 2.79. The molecule has 26 heavy (non-hydrogen) atoms. The highest BCUT2D eigenvalue weighted by Gasteiger charge is 2.25. The Labute approximate surface area is 146 Å². The maximum absolute atomic E-state index is 12.2. The van der Waals surface area contributed by atoms with Crippen LogP contribution in [0, 0.1) is 0 Å². The number of ether oxygens (including phenoxy) is 2. The van der Waals surface area contributed by atoms with Gasteiger partial charge in [-0.2, -0.15) is 5.10 Å². The van der Waals surface area contributed by atoms with E-state index in [9.17, 15) is 19.5 Å². The Morgan fingerprint density at radius 2 is 2.00 bits per heavy atom. The van der Waals surface area contributed by atoms with Crippen LogP contribution in [0.5, 0.6) is 5.75 Å². The molecule has 134 valence electrons. The number of H-pyrrole nitrogens is 1. The third-order valence-electron chi connectivity index (χ3n) is 3.66. The topological polar surface area (TPSA) is 124 Å². The summed E-state index contributed by atoms with van der Waals surface area (Å²) < 4.78 is 10.9. The number of pyridine rings is 1. The predicted molar refractivity (Wildman–Crippen MR) is 90.7 cm³/mol.